The second kappa shape index (κ2) is 8.55. The zero-order valence-corrected chi connectivity index (χ0v) is 17.4. The van der Waals surface area contributed by atoms with Crippen LogP contribution in [-0.4, -0.2) is 51.0 Å². The van der Waals surface area contributed by atoms with Gasteiger partial charge in [0.05, 0.1) is 16.4 Å². The molecule has 150 valence electrons. The number of rotatable bonds is 5. The van der Waals surface area contributed by atoms with Crippen molar-refractivity contribution in [3.05, 3.63) is 52.9 Å². The van der Waals surface area contributed by atoms with Crippen LogP contribution in [-0.2, 0) is 6.54 Å². The minimum absolute atomic E-state index is 0.717. The lowest BCUT2D eigenvalue weighted by Crippen LogP contribution is -2.46. The summed E-state index contributed by atoms with van der Waals surface area (Å²) >= 11 is 1.86. The van der Waals surface area contributed by atoms with Crippen molar-refractivity contribution in [3.8, 4) is 11.3 Å². The van der Waals surface area contributed by atoms with Crippen molar-refractivity contribution in [1.29, 1.82) is 0 Å². The van der Waals surface area contributed by atoms with Crippen molar-refractivity contribution in [2.24, 2.45) is 0 Å². The Morgan fingerprint density at radius 2 is 1.86 bits per heavy atom. The van der Waals surface area contributed by atoms with Crippen LogP contribution in [0.5, 0.6) is 0 Å². The summed E-state index contributed by atoms with van der Waals surface area (Å²) in [5.41, 5.74) is 3.18. The van der Waals surface area contributed by atoms with E-state index < -0.39 is 0 Å². The molecular weight excluding hydrogens is 380 g/mol. The molecule has 0 atom stereocenters. The molecule has 29 heavy (non-hydrogen) atoms. The van der Waals surface area contributed by atoms with E-state index in [1.54, 1.807) is 6.20 Å². The Kier molecular flexibility index (Phi) is 5.49. The summed E-state index contributed by atoms with van der Waals surface area (Å²) in [6.07, 6.45) is 10.9. The van der Waals surface area contributed by atoms with Gasteiger partial charge in [-0.2, -0.15) is 0 Å². The Bertz CT molecular complexity index is 929. The smallest absolute Gasteiger partial charge is 0.225 e. The van der Waals surface area contributed by atoms with Gasteiger partial charge in [0.2, 0.25) is 5.95 Å². The van der Waals surface area contributed by atoms with Gasteiger partial charge in [-0.3, -0.25) is 9.88 Å². The van der Waals surface area contributed by atoms with Crippen LogP contribution in [0, 0.1) is 0 Å². The molecule has 3 aromatic rings. The van der Waals surface area contributed by atoms with Crippen LogP contribution < -0.4 is 4.90 Å². The third-order valence-corrected chi connectivity index (χ3v) is 6.97. The second-order valence-electron chi connectivity index (χ2n) is 7.91. The normalized spacial score (nSPS) is 18.4. The van der Waals surface area contributed by atoms with Crippen molar-refractivity contribution in [1.82, 2.24) is 24.8 Å². The van der Waals surface area contributed by atoms with Gasteiger partial charge in [0, 0.05) is 68.2 Å². The number of piperazine rings is 1. The van der Waals surface area contributed by atoms with Gasteiger partial charge in [-0.1, -0.05) is 12.8 Å². The van der Waals surface area contributed by atoms with E-state index in [4.69, 9.17) is 9.97 Å². The summed E-state index contributed by atoms with van der Waals surface area (Å²) < 4.78 is 0. The summed E-state index contributed by atoms with van der Waals surface area (Å²) in [6.45, 7) is 4.85. The highest BCUT2D eigenvalue weighted by molar-refractivity contribution is 7.09. The van der Waals surface area contributed by atoms with Crippen molar-refractivity contribution in [3.63, 3.8) is 0 Å². The van der Waals surface area contributed by atoms with E-state index in [1.165, 1.54) is 36.4 Å². The quantitative estimate of drug-likeness (QED) is 0.639. The number of pyridine rings is 1. The Morgan fingerprint density at radius 1 is 1.00 bits per heavy atom. The summed E-state index contributed by atoms with van der Waals surface area (Å²) in [6, 6.07) is 5.91. The first kappa shape index (κ1) is 18.6. The number of nitrogens with zero attached hydrogens (tertiary/aromatic N) is 6. The third-order valence-electron chi connectivity index (χ3n) is 5.91. The van der Waals surface area contributed by atoms with E-state index >= 15 is 0 Å². The van der Waals surface area contributed by atoms with Crippen molar-refractivity contribution < 1.29 is 0 Å². The van der Waals surface area contributed by atoms with E-state index in [-0.39, 0.29) is 0 Å². The molecule has 0 N–H and O–H groups in total. The summed E-state index contributed by atoms with van der Waals surface area (Å²) in [5.74, 6) is 1.53. The summed E-state index contributed by atoms with van der Waals surface area (Å²) in [7, 11) is 0. The third kappa shape index (κ3) is 4.31. The van der Waals surface area contributed by atoms with Gasteiger partial charge in [-0.25, -0.2) is 15.0 Å². The summed E-state index contributed by atoms with van der Waals surface area (Å²) in [4.78, 5) is 23.2. The molecule has 1 aliphatic heterocycles. The average molecular weight is 407 g/mol. The molecule has 0 amide bonds. The molecule has 6 nitrogen and oxygen atoms in total. The average Bonchev–Trinajstić information content (AvgIpc) is 3.47. The van der Waals surface area contributed by atoms with E-state index in [0.29, 0.717) is 0 Å². The highest BCUT2D eigenvalue weighted by Crippen LogP contribution is 2.35. The van der Waals surface area contributed by atoms with Crippen molar-refractivity contribution >= 4 is 17.3 Å². The van der Waals surface area contributed by atoms with E-state index in [0.717, 1.165) is 55.8 Å². The lowest BCUT2D eigenvalue weighted by Gasteiger charge is -2.34. The Balaban J connectivity index is 1.19. The number of hydrogen-bond donors (Lipinski definition) is 0. The van der Waals surface area contributed by atoms with Crippen LogP contribution in [0.3, 0.4) is 0 Å². The predicted octanol–water partition coefficient (Wildman–Crippen LogP) is 3.97. The number of thiazole rings is 1. The largest absolute Gasteiger partial charge is 0.338 e. The maximum absolute atomic E-state index is 4.94. The molecule has 0 bridgehead atoms. The zero-order chi connectivity index (χ0) is 19.5. The van der Waals surface area contributed by atoms with E-state index in [1.807, 2.05) is 41.9 Å². The molecule has 7 heteroatoms. The van der Waals surface area contributed by atoms with Gasteiger partial charge in [-0.05, 0) is 31.0 Å². The van der Waals surface area contributed by atoms with Gasteiger partial charge < -0.3 is 4.90 Å². The van der Waals surface area contributed by atoms with Gasteiger partial charge in [0.15, 0.2) is 0 Å². The lowest BCUT2D eigenvalue weighted by molar-refractivity contribution is 0.246. The maximum Gasteiger partial charge on any atom is 0.225 e. The van der Waals surface area contributed by atoms with Gasteiger partial charge in [-0.15, -0.1) is 11.3 Å². The van der Waals surface area contributed by atoms with Crippen LogP contribution >= 0.6 is 11.3 Å². The molecule has 1 saturated heterocycles. The SMILES string of the molecule is c1cncc(-c2ccnc(N3CCN(Cc4csc(C5CCCC5)n4)CC3)n2)c1. The first-order valence-electron chi connectivity index (χ1n) is 10.5. The molecule has 0 unspecified atom stereocenters. The zero-order valence-electron chi connectivity index (χ0n) is 16.6. The monoisotopic (exact) mass is 406 g/mol. The van der Waals surface area contributed by atoms with Crippen LogP contribution in [0.25, 0.3) is 11.3 Å². The molecule has 2 fully saturated rings. The molecule has 0 aromatic carbocycles. The number of anilines is 1. The van der Waals surface area contributed by atoms with Crippen LogP contribution in [0.4, 0.5) is 5.95 Å². The highest BCUT2D eigenvalue weighted by atomic mass is 32.1. The molecule has 0 radical (unpaired) electrons. The fraction of sp³-hybridized carbons (Fsp3) is 0.455. The molecule has 2 aliphatic rings. The molecule has 5 rings (SSSR count). The first-order valence-corrected chi connectivity index (χ1v) is 11.4. The van der Waals surface area contributed by atoms with Gasteiger partial charge >= 0.3 is 0 Å². The van der Waals surface area contributed by atoms with Crippen molar-refractivity contribution in [2.75, 3.05) is 31.1 Å². The topological polar surface area (TPSA) is 58.0 Å². The molecule has 1 saturated carbocycles. The van der Waals surface area contributed by atoms with Crippen LogP contribution in [0.15, 0.2) is 42.2 Å². The molecule has 0 spiro atoms. The molecule has 4 heterocycles. The van der Waals surface area contributed by atoms with E-state index in [9.17, 15) is 0 Å². The maximum atomic E-state index is 4.94. The lowest BCUT2D eigenvalue weighted by atomic mass is 10.1. The second-order valence-corrected chi connectivity index (χ2v) is 8.79. The van der Waals surface area contributed by atoms with Crippen molar-refractivity contribution in [2.45, 2.75) is 38.1 Å². The highest BCUT2D eigenvalue weighted by Gasteiger charge is 2.23. The van der Waals surface area contributed by atoms with Crippen LogP contribution in [0.2, 0.25) is 0 Å². The molecule has 1 aliphatic carbocycles. The Morgan fingerprint density at radius 3 is 2.66 bits per heavy atom. The van der Waals surface area contributed by atoms with Gasteiger partial charge in [0.25, 0.3) is 0 Å². The minimum atomic E-state index is 0.717. The molecular formula is C22H26N6S. The fourth-order valence-corrected chi connectivity index (χ4v) is 5.25. The molecule has 3 aromatic heterocycles. The number of aromatic nitrogens is 4. The van der Waals surface area contributed by atoms with Crippen LogP contribution in [0.1, 0.15) is 42.3 Å². The Hall–Kier alpha value is -2.38. The fourth-order valence-electron chi connectivity index (χ4n) is 4.27. The van der Waals surface area contributed by atoms with Gasteiger partial charge in [0.1, 0.15) is 0 Å². The minimum Gasteiger partial charge on any atom is -0.338 e. The van der Waals surface area contributed by atoms with E-state index in [2.05, 4.69) is 25.1 Å². The Labute approximate surface area is 175 Å². The predicted molar refractivity (Wildman–Crippen MR) is 116 cm³/mol. The number of hydrogen-bond acceptors (Lipinski definition) is 7. The first-order chi connectivity index (χ1) is 14.3. The summed E-state index contributed by atoms with van der Waals surface area (Å²) in [5, 5.41) is 3.62. The standard InChI is InChI=1S/C22H26N6S/c1-2-5-17(4-1)21-25-19(16-29-21)15-27-10-12-28(13-11-27)22-24-9-7-20(26-22)18-6-3-8-23-14-18/h3,6-9,14,16-17H,1-2,4-5,10-13,15H2.